The number of aryl methyl sites for hydroxylation is 1. The summed E-state index contributed by atoms with van der Waals surface area (Å²) < 4.78 is 1.92. The molecular weight excluding hydrogens is 288 g/mol. The number of rotatable bonds is 3. The lowest BCUT2D eigenvalue weighted by molar-refractivity contribution is -0.132. The normalized spacial score (nSPS) is 19.1. The Morgan fingerprint density at radius 3 is 2.61 bits per heavy atom. The fraction of sp³-hybridized carbons (Fsp3) is 0.444. The number of aromatic nitrogens is 2. The van der Waals surface area contributed by atoms with Gasteiger partial charge in [-0.2, -0.15) is 5.10 Å². The number of benzene rings is 1. The second-order valence-corrected chi connectivity index (χ2v) is 6.24. The second-order valence-electron chi connectivity index (χ2n) is 6.24. The molecule has 5 nitrogen and oxygen atoms in total. The van der Waals surface area contributed by atoms with Gasteiger partial charge in [0.2, 0.25) is 5.91 Å². The van der Waals surface area contributed by atoms with Crippen molar-refractivity contribution in [2.24, 2.45) is 7.05 Å². The highest BCUT2D eigenvalue weighted by atomic mass is 16.2. The standard InChI is InChI=1S/C18H24N4O/c1-14-17(11-19-20(14)3)12-22-10-9-21(15(2)23)13-18(22)16-7-5-4-6-8-16/h4-8,11,18H,9-10,12-13H2,1-3H3. The van der Waals surface area contributed by atoms with Gasteiger partial charge in [0.05, 0.1) is 12.2 Å². The van der Waals surface area contributed by atoms with Crippen molar-refractivity contribution in [2.45, 2.75) is 26.4 Å². The van der Waals surface area contributed by atoms with Crippen LogP contribution in [0.1, 0.15) is 29.8 Å². The van der Waals surface area contributed by atoms with Gasteiger partial charge < -0.3 is 4.90 Å². The van der Waals surface area contributed by atoms with E-state index in [4.69, 9.17) is 0 Å². The molecule has 3 rings (SSSR count). The molecule has 122 valence electrons. The van der Waals surface area contributed by atoms with Crippen molar-refractivity contribution in [1.29, 1.82) is 0 Å². The van der Waals surface area contributed by atoms with Crippen LogP contribution in [0.5, 0.6) is 0 Å². The molecule has 0 bridgehead atoms. The number of carbonyl (C=O) groups excluding carboxylic acids is 1. The minimum atomic E-state index is 0.156. The number of amides is 1. The van der Waals surface area contributed by atoms with Gasteiger partial charge in [-0.1, -0.05) is 30.3 Å². The molecule has 0 spiro atoms. The van der Waals surface area contributed by atoms with Gasteiger partial charge in [-0.15, -0.1) is 0 Å². The van der Waals surface area contributed by atoms with Crippen LogP contribution in [0, 0.1) is 6.92 Å². The molecule has 0 saturated carbocycles. The number of nitrogens with zero attached hydrogens (tertiary/aromatic N) is 4. The molecule has 1 aliphatic rings. The van der Waals surface area contributed by atoms with Crippen LogP contribution >= 0.6 is 0 Å². The Hall–Kier alpha value is -2.14. The highest BCUT2D eigenvalue weighted by molar-refractivity contribution is 5.73. The van der Waals surface area contributed by atoms with Crippen molar-refractivity contribution in [2.75, 3.05) is 19.6 Å². The summed E-state index contributed by atoms with van der Waals surface area (Å²) in [6.07, 6.45) is 1.95. The zero-order chi connectivity index (χ0) is 16.4. The molecule has 1 aromatic carbocycles. The third-order valence-electron chi connectivity index (χ3n) is 4.83. The first kappa shape index (κ1) is 15.7. The Morgan fingerprint density at radius 2 is 2.00 bits per heavy atom. The molecule has 1 aliphatic heterocycles. The largest absolute Gasteiger partial charge is 0.340 e. The minimum Gasteiger partial charge on any atom is -0.340 e. The van der Waals surface area contributed by atoms with Gasteiger partial charge in [-0.05, 0) is 12.5 Å². The second kappa shape index (κ2) is 6.54. The fourth-order valence-electron chi connectivity index (χ4n) is 3.21. The number of carbonyl (C=O) groups is 1. The summed E-state index contributed by atoms with van der Waals surface area (Å²) in [6.45, 7) is 7.05. The van der Waals surface area contributed by atoms with Crippen molar-refractivity contribution in [3.05, 3.63) is 53.3 Å². The molecule has 1 atom stereocenters. The van der Waals surface area contributed by atoms with Gasteiger partial charge in [-0.3, -0.25) is 14.4 Å². The molecule has 1 fully saturated rings. The van der Waals surface area contributed by atoms with Crippen LogP contribution in [-0.4, -0.2) is 45.1 Å². The molecule has 0 N–H and O–H groups in total. The van der Waals surface area contributed by atoms with Crippen molar-refractivity contribution in [1.82, 2.24) is 19.6 Å². The van der Waals surface area contributed by atoms with Gasteiger partial charge >= 0.3 is 0 Å². The maximum Gasteiger partial charge on any atom is 0.219 e. The molecule has 2 aromatic rings. The lowest BCUT2D eigenvalue weighted by Crippen LogP contribution is -2.49. The SMILES string of the molecule is CC(=O)N1CCN(Cc2cnn(C)c2C)C(c2ccccc2)C1. The van der Waals surface area contributed by atoms with E-state index in [0.717, 1.165) is 26.2 Å². The molecule has 0 aliphatic carbocycles. The van der Waals surface area contributed by atoms with E-state index >= 15 is 0 Å². The topological polar surface area (TPSA) is 41.4 Å². The number of piperazine rings is 1. The zero-order valence-electron chi connectivity index (χ0n) is 14.1. The smallest absolute Gasteiger partial charge is 0.219 e. The summed E-state index contributed by atoms with van der Waals surface area (Å²) >= 11 is 0. The average Bonchev–Trinajstić information content (AvgIpc) is 2.88. The maximum atomic E-state index is 11.8. The average molecular weight is 312 g/mol. The first-order valence-electron chi connectivity index (χ1n) is 8.08. The van der Waals surface area contributed by atoms with Gasteiger partial charge in [0.1, 0.15) is 0 Å². The first-order valence-corrected chi connectivity index (χ1v) is 8.08. The third kappa shape index (κ3) is 3.29. The Kier molecular flexibility index (Phi) is 4.48. The summed E-state index contributed by atoms with van der Waals surface area (Å²) in [4.78, 5) is 16.2. The van der Waals surface area contributed by atoms with E-state index in [9.17, 15) is 4.79 Å². The van der Waals surface area contributed by atoms with Crippen LogP contribution in [-0.2, 0) is 18.4 Å². The first-order chi connectivity index (χ1) is 11.1. The molecule has 23 heavy (non-hydrogen) atoms. The summed E-state index contributed by atoms with van der Waals surface area (Å²) in [6, 6.07) is 10.7. The fourth-order valence-corrected chi connectivity index (χ4v) is 3.21. The van der Waals surface area contributed by atoms with Crippen LogP contribution in [0.2, 0.25) is 0 Å². The molecule has 1 amide bonds. The molecule has 2 heterocycles. The van der Waals surface area contributed by atoms with E-state index in [-0.39, 0.29) is 11.9 Å². The Labute approximate surface area is 137 Å². The lowest BCUT2D eigenvalue weighted by atomic mass is 10.0. The van der Waals surface area contributed by atoms with Crippen LogP contribution in [0.25, 0.3) is 0 Å². The van der Waals surface area contributed by atoms with E-state index < -0.39 is 0 Å². The van der Waals surface area contributed by atoms with E-state index in [1.165, 1.54) is 16.8 Å². The highest BCUT2D eigenvalue weighted by Crippen LogP contribution is 2.27. The van der Waals surface area contributed by atoms with Crippen LogP contribution in [0.15, 0.2) is 36.5 Å². The number of hydrogen-bond donors (Lipinski definition) is 0. The summed E-state index contributed by atoms with van der Waals surface area (Å²) in [5, 5.41) is 4.35. The van der Waals surface area contributed by atoms with Crippen molar-refractivity contribution >= 4 is 5.91 Å². The number of hydrogen-bond acceptors (Lipinski definition) is 3. The zero-order valence-corrected chi connectivity index (χ0v) is 14.1. The van der Waals surface area contributed by atoms with Crippen molar-refractivity contribution in [3.63, 3.8) is 0 Å². The highest BCUT2D eigenvalue weighted by Gasteiger charge is 2.29. The summed E-state index contributed by atoms with van der Waals surface area (Å²) in [7, 11) is 1.97. The molecule has 0 radical (unpaired) electrons. The summed E-state index contributed by atoms with van der Waals surface area (Å²) in [5.74, 6) is 0.156. The maximum absolute atomic E-state index is 11.8. The molecule has 5 heteroatoms. The predicted molar refractivity (Wildman–Crippen MR) is 89.8 cm³/mol. The van der Waals surface area contributed by atoms with Crippen LogP contribution < -0.4 is 0 Å². The van der Waals surface area contributed by atoms with Gasteiger partial charge in [0.15, 0.2) is 0 Å². The quantitative estimate of drug-likeness (QED) is 0.872. The Balaban J connectivity index is 1.85. The predicted octanol–water partition coefficient (Wildman–Crippen LogP) is 2.13. The van der Waals surface area contributed by atoms with Crippen molar-refractivity contribution < 1.29 is 4.79 Å². The van der Waals surface area contributed by atoms with Crippen LogP contribution in [0.3, 0.4) is 0 Å². The van der Waals surface area contributed by atoms with Gasteiger partial charge in [0.25, 0.3) is 0 Å². The Morgan fingerprint density at radius 1 is 1.26 bits per heavy atom. The molecule has 1 unspecified atom stereocenters. The minimum absolute atomic E-state index is 0.156. The van der Waals surface area contributed by atoms with E-state index in [1.807, 2.05) is 28.9 Å². The van der Waals surface area contributed by atoms with Gasteiger partial charge in [-0.25, -0.2) is 0 Å². The van der Waals surface area contributed by atoms with E-state index in [2.05, 4.69) is 41.2 Å². The van der Waals surface area contributed by atoms with Gasteiger partial charge in [0, 0.05) is 51.4 Å². The molecule has 1 saturated heterocycles. The Bertz CT molecular complexity index is 680. The molecule has 1 aromatic heterocycles. The lowest BCUT2D eigenvalue weighted by Gasteiger charge is -2.41. The van der Waals surface area contributed by atoms with Crippen molar-refractivity contribution in [3.8, 4) is 0 Å². The monoisotopic (exact) mass is 312 g/mol. The molecular formula is C18H24N4O. The van der Waals surface area contributed by atoms with E-state index in [1.54, 1.807) is 6.92 Å². The third-order valence-corrected chi connectivity index (χ3v) is 4.83. The van der Waals surface area contributed by atoms with Crippen LogP contribution in [0.4, 0.5) is 0 Å². The van der Waals surface area contributed by atoms with E-state index in [0.29, 0.717) is 0 Å². The summed E-state index contributed by atoms with van der Waals surface area (Å²) in [5.41, 5.74) is 3.72.